The molecule has 2 atom stereocenters. The molecule has 1 fully saturated rings. The fourth-order valence-corrected chi connectivity index (χ4v) is 3.94. The summed E-state index contributed by atoms with van der Waals surface area (Å²) < 4.78 is 5.40. The van der Waals surface area contributed by atoms with Gasteiger partial charge in [-0.2, -0.15) is 0 Å². The molecule has 1 aromatic heterocycles. The summed E-state index contributed by atoms with van der Waals surface area (Å²) in [6.07, 6.45) is 6.80. The van der Waals surface area contributed by atoms with E-state index in [0.29, 0.717) is 10.8 Å². The minimum absolute atomic E-state index is 0.0219. The molecule has 1 aliphatic carbocycles. The first kappa shape index (κ1) is 20.9. The number of hydrogen-bond donors (Lipinski definition) is 3. The molecule has 0 bridgehead atoms. The lowest BCUT2D eigenvalue weighted by molar-refractivity contribution is 0.415. The van der Waals surface area contributed by atoms with Gasteiger partial charge in [0.1, 0.15) is 11.6 Å². The van der Waals surface area contributed by atoms with Gasteiger partial charge >= 0.3 is 0 Å². The van der Waals surface area contributed by atoms with Gasteiger partial charge in [-0.1, -0.05) is 29.8 Å². The topological polar surface area (TPSA) is 111 Å². The number of fused-ring (bicyclic) bond motifs is 1. The first-order valence-electron chi connectivity index (χ1n) is 10.2. The number of aliphatic imine (C=N–C) groups is 1. The van der Waals surface area contributed by atoms with Crippen LogP contribution in [-0.2, 0) is 0 Å². The number of nitrogens with one attached hydrogen (secondary N) is 1. The van der Waals surface area contributed by atoms with Crippen LogP contribution in [0.5, 0.6) is 5.75 Å². The standard InChI is InChI=1S/C23H25ClN6O/c1-31-16-10-11-18-17(13-16)22(28-19-3-2-4-20(19)29-23(25)26)30-21(27-18)12-7-14-5-8-15(24)9-6-14/h5-13,19-20H,2-4H2,1H3,(H4,25,26,29)(H,27,28,30)/b12-7+/t19-,20+/m1/s1. The Balaban J connectivity index is 1.70. The fraction of sp³-hybridized carbons (Fsp3) is 0.261. The molecular weight excluding hydrogens is 412 g/mol. The van der Waals surface area contributed by atoms with Gasteiger partial charge in [-0.05, 0) is 61.2 Å². The number of nitrogens with two attached hydrogens (primary N) is 2. The van der Waals surface area contributed by atoms with Crippen LogP contribution in [0.2, 0.25) is 5.02 Å². The van der Waals surface area contributed by atoms with Crippen molar-refractivity contribution in [2.24, 2.45) is 16.5 Å². The molecule has 31 heavy (non-hydrogen) atoms. The van der Waals surface area contributed by atoms with Crippen LogP contribution in [0.1, 0.15) is 30.7 Å². The highest BCUT2D eigenvalue weighted by Gasteiger charge is 2.28. The van der Waals surface area contributed by atoms with Crippen LogP contribution >= 0.6 is 11.6 Å². The van der Waals surface area contributed by atoms with Crippen molar-refractivity contribution in [2.45, 2.75) is 31.3 Å². The maximum absolute atomic E-state index is 5.97. The Kier molecular flexibility index (Phi) is 6.23. The molecule has 0 radical (unpaired) electrons. The van der Waals surface area contributed by atoms with Crippen molar-refractivity contribution in [3.63, 3.8) is 0 Å². The zero-order valence-electron chi connectivity index (χ0n) is 17.3. The summed E-state index contributed by atoms with van der Waals surface area (Å²) in [6.45, 7) is 0. The highest BCUT2D eigenvalue weighted by Crippen LogP contribution is 2.30. The molecule has 0 saturated heterocycles. The normalized spacial score (nSPS) is 18.4. The predicted molar refractivity (Wildman–Crippen MR) is 127 cm³/mol. The number of rotatable bonds is 6. The average molecular weight is 437 g/mol. The minimum Gasteiger partial charge on any atom is -0.497 e. The van der Waals surface area contributed by atoms with Crippen molar-refractivity contribution >= 4 is 46.4 Å². The van der Waals surface area contributed by atoms with Crippen LogP contribution in [0.25, 0.3) is 23.1 Å². The van der Waals surface area contributed by atoms with Crippen LogP contribution < -0.4 is 21.5 Å². The number of benzene rings is 2. The van der Waals surface area contributed by atoms with Gasteiger partial charge < -0.3 is 21.5 Å². The molecule has 0 aliphatic heterocycles. The highest BCUT2D eigenvalue weighted by molar-refractivity contribution is 6.30. The van der Waals surface area contributed by atoms with Gasteiger partial charge in [0, 0.05) is 10.4 Å². The van der Waals surface area contributed by atoms with Crippen molar-refractivity contribution in [2.75, 3.05) is 12.4 Å². The van der Waals surface area contributed by atoms with E-state index >= 15 is 0 Å². The number of guanidine groups is 1. The Labute approximate surface area is 186 Å². The summed E-state index contributed by atoms with van der Waals surface area (Å²) >= 11 is 5.97. The second kappa shape index (κ2) is 9.22. The number of aromatic nitrogens is 2. The van der Waals surface area contributed by atoms with Crippen LogP contribution in [0.4, 0.5) is 5.82 Å². The third-order valence-electron chi connectivity index (χ3n) is 5.33. The Morgan fingerprint density at radius 1 is 1.13 bits per heavy atom. The third kappa shape index (κ3) is 5.06. The molecule has 7 nitrogen and oxygen atoms in total. The van der Waals surface area contributed by atoms with E-state index < -0.39 is 0 Å². The first-order chi connectivity index (χ1) is 15.0. The molecule has 0 unspecified atom stereocenters. The lowest BCUT2D eigenvalue weighted by atomic mass is 10.1. The van der Waals surface area contributed by atoms with Crippen molar-refractivity contribution in [1.29, 1.82) is 0 Å². The lowest BCUT2D eigenvalue weighted by Crippen LogP contribution is -2.32. The van der Waals surface area contributed by atoms with Gasteiger partial charge in [-0.25, -0.2) is 15.0 Å². The second-order valence-corrected chi connectivity index (χ2v) is 7.94. The monoisotopic (exact) mass is 436 g/mol. The van der Waals surface area contributed by atoms with E-state index in [-0.39, 0.29) is 18.0 Å². The molecule has 3 aromatic rings. The van der Waals surface area contributed by atoms with Crippen molar-refractivity contribution in [3.8, 4) is 5.75 Å². The molecular formula is C23H25ClN6O. The molecule has 1 saturated carbocycles. The average Bonchev–Trinajstić information content (AvgIpc) is 3.19. The molecule has 8 heteroatoms. The van der Waals surface area contributed by atoms with Gasteiger partial charge in [-0.15, -0.1) is 0 Å². The van der Waals surface area contributed by atoms with Crippen LogP contribution in [0.3, 0.4) is 0 Å². The fourth-order valence-electron chi connectivity index (χ4n) is 3.81. The maximum Gasteiger partial charge on any atom is 0.186 e. The van der Waals surface area contributed by atoms with E-state index in [0.717, 1.165) is 47.3 Å². The van der Waals surface area contributed by atoms with E-state index in [4.69, 9.17) is 37.8 Å². The van der Waals surface area contributed by atoms with Crippen LogP contribution in [0.15, 0.2) is 47.5 Å². The molecule has 4 rings (SSSR count). The quantitative estimate of drug-likeness (QED) is 0.396. The molecule has 5 N–H and O–H groups in total. The zero-order valence-corrected chi connectivity index (χ0v) is 18.0. The molecule has 0 amide bonds. The highest BCUT2D eigenvalue weighted by atomic mass is 35.5. The molecule has 0 spiro atoms. The molecule has 1 aliphatic rings. The van der Waals surface area contributed by atoms with E-state index in [9.17, 15) is 0 Å². The summed E-state index contributed by atoms with van der Waals surface area (Å²) in [7, 11) is 1.64. The summed E-state index contributed by atoms with van der Waals surface area (Å²) in [4.78, 5) is 13.9. The summed E-state index contributed by atoms with van der Waals surface area (Å²) in [5.41, 5.74) is 13.1. The van der Waals surface area contributed by atoms with Crippen molar-refractivity contribution in [3.05, 3.63) is 58.9 Å². The van der Waals surface area contributed by atoms with Gasteiger partial charge in [0.2, 0.25) is 0 Å². The van der Waals surface area contributed by atoms with E-state index in [1.807, 2.05) is 54.6 Å². The second-order valence-electron chi connectivity index (χ2n) is 7.50. The minimum atomic E-state index is 0.0219. The van der Waals surface area contributed by atoms with Gasteiger partial charge in [0.25, 0.3) is 0 Å². The summed E-state index contributed by atoms with van der Waals surface area (Å²) in [5, 5.41) is 5.15. The predicted octanol–water partition coefficient (Wildman–Crippen LogP) is 4.07. The molecule has 1 heterocycles. The Bertz CT molecular complexity index is 1120. The number of methoxy groups -OCH3 is 1. The Morgan fingerprint density at radius 2 is 1.94 bits per heavy atom. The SMILES string of the molecule is COc1ccc2nc(/C=C/c3ccc(Cl)cc3)nc(N[C@@H]3CCC[C@@H]3N=C(N)N)c2c1. The third-order valence-corrected chi connectivity index (χ3v) is 5.58. The van der Waals surface area contributed by atoms with E-state index in [1.165, 1.54) is 0 Å². The Hall–Kier alpha value is -3.32. The largest absolute Gasteiger partial charge is 0.497 e. The van der Waals surface area contributed by atoms with Crippen LogP contribution in [-0.4, -0.2) is 35.1 Å². The van der Waals surface area contributed by atoms with Crippen molar-refractivity contribution in [1.82, 2.24) is 9.97 Å². The number of ether oxygens (including phenoxy) is 1. The Morgan fingerprint density at radius 3 is 2.68 bits per heavy atom. The molecule has 2 aromatic carbocycles. The smallest absolute Gasteiger partial charge is 0.186 e. The molecule has 160 valence electrons. The first-order valence-corrected chi connectivity index (χ1v) is 10.5. The van der Waals surface area contributed by atoms with E-state index in [2.05, 4.69) is 10.3 Å². The van der Waals surface area contributed by atoms with Crippen molar-refractivity contribution < 1.29 is 4.74 Å². The number of anilines is 1. The summed E-state index contributed by atoms with van der Waals surface area (Å²) in [5.74, 6) is 2.20. The lowest BCUT2D eigenvalue weighted by Gasteiger charge is -2.20. The number of hydrogen-bond acceptors (Lipinski definition) is 5. The van der Waals surface area contributed by atoms with Gasteiger partial charge in [0.15, 0.2) is 11.8 Å². The maximum atomic E-state index is 5.97. The number of halogens is 1. The number of nitrogens with zero attached hydrogens (tertiary/aromatic N) is 3. The van der Waals surface area contributed by atoms with Gasteiger partial charge in [-0.3, -0.25) is 0 Å². The zero-order chi connectivity index (χ0) is 21.8. The van der Waals surface area contributed by atoms with Crippen LogP contribution in [0, 0.1) is 0 Å². The van der Waals surface area contributed by atoms with Gasteiger partial charge in [0.05, 0.1) is 24.7 Å². The summed E-state index contributed by atoms with van der Waals surface area (Å²) in [6, 6.07) is 13.5. The van der Waals surface area contributed by atoms with E-state index in [1.54, 1.807) is 7.11 Å².